The lowest BCUT2D eigenvalue weighted by atomic mass is 9.97. The predicted molar refractivity (Wildman–Crippen MR) is 126 cm³/mol. The zero-order valence-corrected chi connectivity index (χ0v) is 18.5. The van der Waals surface area contributed by atoms with Gasteiger partial charge < -0.3 is 19.5 Å². The molecule has 0 spiro atoms. The number of carbonyl (C=O) groups excluding carboxylic acids is 1. The van der Waals surface area contributed by atoms with Crippen molar-refractivity contribution in [3.63, 3.8) is 0 Å². The molecule has 0 aliphatic heterocycles. The van der Waals surface area contributed by atoms with Gasteiger partial charge in [-0.1, -0.05) is 19.8 Å². The second kappa shape index (κ2) is 9.42. The summed E-state index contributed by atoms with van der Waals surface area (Å²) in [6, 6.07) is 17.7. The molecule has 1 atom stereocenters. The molecule has 3 aromatic carbocycles. The van der Waals surface area contributed by atoms with Gasteiger partial charge in [-0.25, -0.2) is 0 Å². The van der Waals surface area contributed by atoms with Crippen LogP contribution in [0.5, 0.6) is 17.2 Å². The number of fused-ring (bicyclic) bond motifs is 1. The maximum Gasteiger partial charge on any atom is 0.199 e. The van der Waals surface area contributed by atoms with Crippen molar-refractivity contribution < 1.29 is 24.3 Å². The van der Waals surface area contributed by atoms with Crippen LogP contribution in [0.4, 0.5) is 0 Å². The van der Waals surface area contributed by atoms with E-state index in [1.54, 1.807) is 42.5 Å². The summed E-state index contributed by atoms with van der Waals surface area (Å²) in [6.45, 7) is 2.77. The Morgan fingerprint density at radius 2 is 1.62 bits per heavy atom. The first-order valence-corrected chi connectivity index (χ1v) is 11.7. The van der Waals surface area contributed by atoms with Gasteiger partial charge in [-0.2, -0.15) is 0 Å². The monoisotopic (exact) mass is 448 g/mol. The quantitative estimate of drug-likeness (QED) is 0.184. The molecule has 1 unspecified atom stereocenters. The third-order valence-electron chi connectivity index (χ3n) is 5.34. The van der Waals surface area contributed by atoms with Crippen LogP contribution >= 0.6 is 10.8 Å². The Morgan fingerprint density at radius 1 is 0.938 bits per heavy atom. The molecule has 0 saturated carbocycles. The molecule has 0 bridgehead atoms. The Bertz CT molecular complexity index is 1240. The zero-order valence-electron chi connectivity index (χ0n) is 17.7. The van der Waals surface area contributed by atoms with Crippen molar-refractivity contribution in [1.82, 2.24) is 0 Å². The van der Waals surface area contributed by atoms with E-state index in [4.69, 9.17) is 4.74 Å². The summed E-state index contributed by atoms with van der Waals surface area (Å²) in [7, 11) is -1.65. The molecule has 164 valence electrons. The van der Waals surface area contributed by atoms with Gasteiger partial charge in [0.05, 0.1) is 17.6 Å². The topological polar surface area (TPSA) is 89.8 Å². The van der Waals surface area contributed by atoms with E-state index in [-0.39, 0.29) is 17.3 Å². The van der Waals surface area contributed by atoms with Gasteiger partial charge in [-0.05, 0) is 77.8 Å². The van der Waals surface area contributed by atoms with Gasteiger partial charge in [-0.15, -0.1) is 0 Å². The highest BCUT2D eigenvalue weighted by Crippen LogP contribution is 2.46. The van der Waals surface area contributed by atoms with Gasteiger partial charge in [0.15, 0.2) is 15.4 Å². The van der Waals surface area contributed by atoms with Crippen LogP contribution in [-0.4, -0.2) is 27.2 Å². The fourth-order valence-corrected chi connectivity index (χ4v) is 5.23. The SMILES string of the molecule is CCCCCOc1ccc(C(=O)c2c(-c3ccc(O)cc3)[s+]([O-])c3cc(O)ccc23)cc1. The second-order valence-electron chi connectivity index (χ2n) is 7.61. The first kappa shape index (κ1) is 21.9. The third-order valence-corrected chi connectivity index (χ3v) is 6.88. The van der Waals surface area contributed by atoms with Crippen LogP contribution in [-0.2, 0) is 0 Å². The minimum absolute atomic E-state index is 0.0135. The molecule has 0 amide bonds. The lowest BCUT2D eigenvalue weighted by Gasteiger charge is -2.07. The smallest absolute Gasteiger partial charge is 0.199 e. The van der Waals surface area contributed by atoms with Gasteiger partial charge >= 0.3 is 0 Å². The molecule has 0 saturated heterocycles. The first-order valence-electron chi connectivity index (χ1n) is 10.6. The number of thiophene rings is 1. The number of unbranched alkanes of at least 4 members (excludes halogenated alkanes) is 2. The van der Waals surface area contributed by atoms with Crippen LogP contribution in [0, 0.1) is 0 Å². The molecule has 1 heterocycles. The van der Waals surface area contributed by atoms with E-state index < -0.39 is 10.8 Å². The molecule has 1 aromatic heterocycles. The van der Waals surface area contributed by atoms with Crippen LogP contribution in [0.1, 0.15) is 42.1 Å². The Kier molecular flexibility index (Phi) is 6.44. The normalized spacial score (nSPS) is 11.6. The number of hydrogen-bond donors (Lipinski definition) is 2. The first-order chi connectivity index (χ1) is 15.5. The summed E-state index contributed by atoms with van der Waals surface area (Å²) in [5, 5.41) is 20.1. The van der Waals surface area contributed by atoms with Crippen LogP contribution in [0.15, 0.2) is 66.7 Å². The molecular weight excluding hydrogens is 424 g/mol. The van der Waals surface area contributed by atoms with E-state index in [1.165, 1.54) is 24.3 Å². The lowest BCUT2D eigenvalue weighted by Crippen LogP contribution is -2.03. The Labute approximate surface area is 189 Å². The summed E-state index contributed by atoms with van der Waals surface area (Å²) in [6.07, 6.45) is 3.21. The van der Waals surface area contributed by atoms with Crippen molar-refractivity contribution in [1.29, 1.82) is 0 Å². The molecule has 0 fully saturated rings. The molecular formula is C26H24O5S. The van der Waals surface area contributed by atoms with Crippen molar-refractivity contribution in [2.45, 2.75) is 26.2 Å². The molecule has 4 aromatic rings. The highest BCUT2D eigenvalue weighted by molar-refractivity contribution is 7.35. The number of carbonyl (C=O) groups is 1. The van der Waals surface area contributed by atoms with Gasteiger partial charge in [0.2, 0.25) is 0 Å². The minimum atomic E-state index is -1.65. The van der Waals surface area contributed by atoms with E-state index >= 15 is 0 Å². The molecule has 4 rings (SSSR count). The summed E-state index contributed by atoms with van der Waals surface area (Å²) < 4.78 is 19.4. The van der Waals surface area contributed by atoms with Crippen molar-refractivity contribution in [3.8, 4) is 27.7 Å². The van der Waals surface area contributed by atoms with Crippen LogP contribution < -0.4 is 4.74 Å². The molecule has 2 N–H and O–H groups in total. The Balaban J connectivity index is 1.75. The minimum Gasteiger partial charge on any atom is -0.590 e. The second-order valence-corrected chi connectivity index (χ2v) is 8.99. The van der Waals surface area contributed by atoms with Crippen molar-refractivity contribution in [2.24, 2.45) is 0 Å². The largest absolute Gasteiger partial charge is 0.590 e. The van der Waals surface area contributed by atoms with Gasteiger partial charge in [0.25, 0.3) is 0 Å². The molecule has 0 aliphatic rings. The van der Waals surface area contributed by atoms with E-state index in [0.29, 0.717) is 44.0 Å². The predicted octanol–water partition coefficient (Wildman–Crippen LogP) is 6.45. The number of ketones is 1. The standard InChI is InChI=1S/C26H24O5S/c1-2-3-4-15-31-21-12-7-17(8-13-21)25(29)24-22-14-11-20(28)16-23(22)32(30)26(24)18-5-9-19(27)10-6-18/h5-14,16,27-28H,2-4,15H2,1H3. The van der Waals surface area contributed by atoms with Crippen LogP contribution in [0.2, 0.25) is 0 Å². The van der Waals surface area contributed by atoms with E-state index in [9.17, 15) is 19.6 Å². The number of aromatic hydroxyl groups is 2. The summed E-state index contributed by atoms with van der Waals surface area (Å²) >= 11 is 0. The zero-order chi connectivity index (χ0) is 22.7. The molecule has 6 heteroatoms. The Hall–Kier alpha value is -3.35. The van der Waals surface area contributed by atoms with Crippen molar-refractivity contribution >= 4 is 26.6 Å². The van der Waals surface area contributed by atoms with E-state index in [2.05, 4.69) is 6.92 Å². The van der Waals surface area contributed by atoms with Crippen molar-refractivity contribution in [2.75, 3.05) is 6.61 Å². The molecule has 32 heavy (non-hydrogen) atoms. The van der Waals surface area contributed by atoms with E-state index in [0.717, 1.165) is 19.3 Å². The van der Waals surface area contributed by atoms with Crippen molar-refractivity contribution in [3.05, 3.63) is 77.9 Å². The molecule has 5 nitrogen and oxygen atoms in total. The summed E-state index contributed by atoms with van der Waals surface area (Å²) in [4.78, 5) is 13.9. The highest BCUT2D eigenvalue weighted by Gasteiger charge is 2.29. The third kappa shape index (κ3) is 4.33. The van der Waals surface area contributed by atoms with Gasteiger partial charge in [0.1, 0.15) is 17.2 Å². The van der Waals surface area contributed by atoms with Gasteiger partial charge in [0, 0.05) is 17.2 Å². The maximum atomic E-state index is 13.6. The number of hydrogen-bond acceptors (Lipinski definition) is 5. The number of phenolic OH excluding ortho intramolecular Hbond substituents is 2. The lowest BCUT2D eigenvalue weighted by molar-refractivity contribution is 0.104. The summed E-state index contributed by atoms with van der Waals surface area (Å²) in [5.41, 5.74) is 1.37. The summed E-state index contributed by atoms with van der Waals surface area (Å²) in [5.74, 6) is 0.505. The van der Waals surface area contributed by atoms with E-state index in [1.807, 2.05) is 0 Å². The van der Waals surface area contributed by atoms with Crippen LogP contribution in [0.3, 0.4) is 0 Å². The van der Waals surface area contributed by atoms with Crippen LogP contribution in [0.25, 0.3) is 20.5 Å². The average molecular weight is 449 g/mol. The highest BCUT2D eigenvalue weighted by atomic mass is 32.2. The fraction of sp³-hybridized carbons (Fsp3) is 0.192. The fourth-order valence-electron chi connectivity index (χ4n) is 3.67. The molecule has 0 radical (unpaired) electrons. The number of ether oxygens (including phenoxy) is 1. The molecule has 0 aliphatic carbocycles. The Morgan fingerprint density at radius 3 is 2.31 bits per heavy atom. The number of rotatable bonds is 8. The average Bonchev–Trinajstić information content (AvgIpc) is 3.09. The maximum absolute atomic E-state index is 13.6. The number of benzene rings is 3. The number of phenols is 2. The van der Waals surface area contributed by atoms with Gasteiger partial charge in [-0.3, -0.25) is 4.79 Å².